The Morgan fingerprint density at radius 1 is 1.56 bits per heavy atom. The predicted molar refractivity (Wildman–Crippen MR) is 66.3 cm³/mol. The summed E-state index contributed by atoms with van der Waals surface area (Å²) in [5.74, 6) is -0.00338. The summed E-state index contributed by atoms with van der Waals surface area (Å²) in [6.45, 7) is 1.88. The number of nitrogens with one attached hydrogen (secondary N) is 1. The van der Waals surface area contributed by atoms with Gasteiger partial charge in [0.2, 0.25) is 10.0 Å². The fraction of sp³-hybridized carbons (Fsp3) is 0.700. The van der Waals surface area contributed by atoms with Crippen LogP contribution in [-0.4, -0.2) is 36.5 Å². The van der Waals surface area contributed by atoms with E-state index >= 15 is 0 Å². The molecule has 1 fully saturated rings. The van der Waals surface area contributed by atoms with Crippen LogP contribution in [0.5, 0.6) is 0 Å². The van der Waals surface area contributed by atoms with Gasteiger partial charge in [-0.05, 0) is 19.8 Å². The molecule has 0 aliphatic heterocycles. The molecular weight excluding hydrogens is 256 g/mol. The minimum Gasteiger partial charge on any atom is -0.396 e. The lowest BCUT2D eigenvalue weighted by Gasteiger charge is -2.13. The highest BCUT2D eigenvalue weighted by atomic mass is 32.2. The maximum Gasteiger partial charge on any atom is 0.246 e. The molecule has 0 spiro atoms. The van der Waals surface area contributed by atoms with Crippen LogP contribution in [0.3, 0.4) is 0 Å². The first-order valence-corrected chi connectivity index (χ1v) is 7.19. The smallest absolute Gasteiger partial charge is 0.246 e. The largest absolute Gasteiger partial charge is 0.396 e. The van der Waals surface area contributed by atoms with Crippen molar-refractivity contribution in [3.63, 3.8) is 0 Å². The molecule has 0 bridgehead atoms. The van der Waals surface area contributed by atoms with Crippen LogP contribution in [0.2, 0.25) is 0 Å². The van der Waals surface area contributed by atoms with E-state index in [0.717, 1.165) is 12.8 Å². The third kappa shape index (κ3) is 2.23. The molecule has 1 aromatic rings. The van der Waals surface area contributed by atoms with E-state index in [0.29, 0.717) is 5.69 Å². The van der Waals surface area contributed by atoms with Crippen LogP contribution in [0.25, 0.3) is 0 Å². The minimum absolute atomic E-state index is 0.00295. The molecule has 1 aromatic heterocycles. The first-order chi connectivity index (χ1) is 8.31. The number of aliphatic hydroxyl groups is 1. The highest BCUT2D eigenvalue weighted by molar-refractivity contribution is 7.89. The molecule has 8 heteroatoms. The van der Waals surface area contributed by atoms with Crippen LogP contribution in [-0.2, 0) is 17.1 Å². The van der Waals surface area contributed by atoms with Crippen LogP contribution in [0.4, 0.5) is 5.82 Å². The van der Waals surface area contributed by atoms with Gasteiger partial charge >= 0.3 is 0 Å². The van der Waals surface area contributed by atoms with E-state index in [2.05, 4.69) is 9.82 Å². The molecule has 4 N–H and O–H groups in total. The summed E-state index contributed by atoms with van der Waals surface area (Å²) in [4.78, 5) is 0.0266. The van der Waals surface area contributed by atoms with Crippen molar-refractivity contribution in [1.82, 2.24) is 14.5 Å². The number of nitrogens with zero attached hydrogens (tertiary/aromatic N) is 2. The van der Waals surface area contributed by atoms with Gasteiger partial charge in [-0.3, -0.25) is 4.68 Å². The summed E-state index contributed by atoms with van der Waals surface area (Å²) in [6.07, 6.45) is 1.68. The van der Waals surface area contributed by atoms with Crippen LogP contribution in [0.15, 0.2) is 4.90 Å². The fourth-order valence-corrected chi connectivity index (χ4v) is 3.31. The van der Waals surface area contributed by atoms with Gasteiger partial charge in [0.1, 0.15) is 4.90 Å². The van der Waals surface area contributed by atoms with Crippen LogP contribution in [0.1, 0.15) is 18.5 Å². The van der Waals surface area contributed by atoms with E-state index in [4.69, 9.17) is 10.8 Å². The Morgan fingerprint density at radius 3 is 2.56 bits per heavy atom. The fourth-order valence-electron chi connectivity index (χ4n) is 1.83. The van der Waals surface area contributed by atoms with Gasteiger partial charge in [0.15, 0.2) is 5.82 Å². The number of nitrogens with two attached hydrogens (primary N) is 1. The molecule has 0 aromatic carbocycles. The number of anilines is 1. The zero-order chi connectivity index (χ0) is 13.6. The topological polar surface area (TPSA) is 110 Å². The van der Waals surface area contributed by atoms with Crippen molar-refractivity contribution in [3.05, 3.63) is 5.69 Å². The van der Waals surface area contributed by atoms with Crippen LogP contribution in [0, 0.1) is 12.3 Å². The molecule has 0 saturated heterocycles. The van der Waals surface area contributed by atoms with Crippen molar-refractivity contribution in [1.29, 1.82) is 0 Å². The second kappa shape index (κ2) is 4.22. The molecular formula is C10H18N4O3S. The maximum atomic E-state index is 12.2. The number of rotatable bonds is 5. The summed E-state index contributed by atoms with van der Waals surface area (Å²) >= 11 is 0. The summed E-state index contributed by atoms with van der Waals surface area (Å²) < 4.78 is 28.2. The molecule has 1 saturated carbocycles. The number of hydrogen-bond donors (Lipinski definition) is 3. The Bertz CT molecular complexity index is 560. The van der Waals surface area contributed by atoms with E-state index in [9.17, 15) is 8.42 Å². The molecule has 1 aliphatic rings. The minimum atomic E-state index is -3.67. The molecule has 7 nitrogen and oxygen atoms in total. The number of aromatic nitrogens is 2. The van der Waals surface area contributed by atoms with Gasteiger partial charge in [-0.15, -0.1) is 0 Å². The summed E-state index contributed by atoms with van der Waals surface area (Å²) in [7, 11) is -2.03. The standard InChI is InChI=1S/C10H18N4O3S/c1-7-8(9(11)13-14(7)2)18(16,17)12-5-10(6-15)3-4-10/h12,15H,3-6H2,1-2H3,(H2,11,13). The number of aliphatic hydroxyl groups excluding tert-OH is 1. The number of nitrogen functional groups attached to an aromatic ring is 1. The van der Waals surface area contributed by atoms with Gasteiger partial charge in [0, 0.05) is 25.6 Å². The van der Waals surface area contributed by atoms with Crippen molar-refractivity contribution in [2.75, 3.05) is 18.9 Å². The number of aryl methyl sites for hydroxylation is 1. The van der Waals surface area contributed by atoms with Gasteiger partial charge in [-0.25, -0.2) is 13.1 Å². The van der Waals surface area contributed by atoms with Gasteiger partial charge in [0.25, 0.3) is 0 Å². The molecule has 0 radical (unpaired) electrons. The lowest BCUT2D eigenvalue weighted by Crippen LogP contribution is -2.32. The average Bonchev–Trinajstić information content (AvgIpc) is 3.01. The first-order valence-electron chi connectivity index (χ1n) is 5.71. The third-order valence-electron chi connectivity index (χ3n) is 3.50. The Balaban J connectivity index is 2.21. The summed E-state index contributed by atoms with van der Waals surface area (Å²) in [6, 6.07) is 0. The van der Waals surface area contributed by atoms with Crippen molar-refractivity contribution in [2.24, 2.45) is 12.5 Å². The SMILES string of the molecule is Cc1c(S(=O)(=O)NCC2(CO)CC2)c(N)nn1C. The van der Waals surface area contributed by atoms with Gasteiger partial charge in [-0.2, -0.15) is 5.10 Å². The second-order valence-corrected chi connectivity index (χ2v) is 6.61. The number of hydrogen-bond acceptors (Lipinski definition) is 5. The summed E-state index contributed by atoms with van der Waals surface area (Å²) in [5, 5.41) is 13.0. The molecule has 1 heterocycles. The van der Waals surface area contributed by atoms with Gasteiger partial charge in [-0.1, -0.05) is 0 Å². The normalized spacial score (nSPS) is 17.9. The number of sulfonamides is 1. The highest BCUT2D eigenvalue weighted by Crippen LogP contribution is 2.44. The van der Waals surface area contributed by atoms with Crippen LogP contribution < -0.4 is 10.5 Å². The average molecular weight is 274 g/mol. The third-order valence-corrected chi connectivity index (χ3v) is 5.07. The molecule has 18 heavy (non-hydrogen) atoms. The molecule has 1 aliphatic carbocycles. The first kappa shape index (κ1) is 13.3. The molecule has 0 amide bonds. The van der Waals surface area contributed by atoms with Crippen molar-refractivity contribution >= 4 is 15.8 Å². The lowest BCUT2D eigenvalue weighted by molar-refractivity contribution is 0.213. The van der Waals surface area contributed by atoms with E-state index in [1.54, 1.807) is 14.0 Å². The lowest BCUT2D eigenvalue weighted by atomic mass is 10.1. The van der Waals surface area contributed by atoms with Gasteiger partial charge in [0.05, 0.1) is 5.69 Å². The monoisotopic (exact) mass is 274 g/mol. The predicted octanol–water partition coefficient (Wildman–Crippen LogP) is -0.638. The highest BCUT2D eigenvalue weighted by Gasteiger charge is 2.43. The Kier molecular flexibility index (Phi) is 3.12. The van der Waals surface area contributed by atoms with E-state index < -0.39 is 10.0 Å². The van der Waals surface area contributed by atoms with Crippen molar-refractivity contribution in [3.8, 4) is 0 Å². The van der Waals surface area contributed by atoms with E-state index in [1.165, 1.54) is 4.68 Å². The summed E-state index contributed by atoms with van der Waals surface area (Å²) in [5.41, 5.74) is 5.83. The maximum absolute atomic E-state index is 12.2. The van der Waals surface area contributed by atoms with Crippen molar-refractivity contribution < 1.29 is 13.5 Å². The molecule has 0 atom stereocenters. The Hall–Kier alpha value is -1.12. The Morgan fingerprint density at radius 2 is 2.17 bits per heavy atom. The Labute approximate surface area is 106 Å². The van der Waals surface area contributed by atoms with Gasteiger partial charge < -0.3 is 10.8 Å². The zero-order valence-electron chi connectivity index (χ0n) is 10.5. The van der Waals surface area contributed by atoms with E-state index in [1.807, 2.05) is 0 Å². The molecule has 0 unspecified atom stereocenters. The van der Waals surface area contributed by atoms with Crippen LogP contribution >= 0.6 is 0 Å². The van der Waals surface area contributed by atoms with Crippen molar-refractivity contribution in [2.45, 2.75) is 24.7 Å². The zero-order valence-corrected chi connectivity index (χ0v) is 11.3. The molecule has 2 rings (SSSR count). The van der Waals surface area contributed by atoms with E-state index in [-0.39, 0.29) is 29.3 Å². The second-order valence-electron chi connectivity index (χ2n) is 4.91. The quantitative estimate of drug-likeness (QED) is 0.661. The molecule has 102 valence electrons.